The van der Waals surface area contributed by atoms with E-state index in [0.29, 0.717) is 6.54 Å². The van der Waals surface area contributed by atoms with E-state index < -0.39 is 0 Å². The molecule has 0 spiro atoms. The number of hydrogen-bond donors (Lipinski definition) is 2. The molecule has 0 aliphatic rings. The third-order valence-corrected chi connectivity index (χ3v) is 3.60. The molecular weight excluding hydrogens is 320 g/mol. The summed E-state index contributed by atoms with van der Waals surface area (Å²) in [6.07, 6.45) is 1.59. The van der Waals surface area contributed by atoms with Crippen LogP contribution in [0.25, 0.3) is 0 Å². The Morgan fingerprint density at radius 1 is 1.40 bits per heavy atom. The van der Waals surface area contributed by atoms with E-state index >= 15 is 0 Å². The molecule has 0 aliphatic carbocycles. The highest BCUT2D eigenvalue weighted by molar-refractivity contribution is 9.10. The molecule has 2 aromatic rings. The number of anilines is 1. The van der Waals surface area contributed by atoms with E-state index in [4.69, 9.17) is 4.42 Å². The molecule has 0 saturated carbocycles. The standard InChI is InChI=1S/C15H17BrN2O2/c1-10-5-6-13(16)14(8-10)18-11(2)15(19)17-9-12-4-3-7-20-12/h3-8,11,18H,9H2,1-2H3,(H,17,19). The van der Waals surface area contributed by atoms with E-state index in [2.05, 4.69) is 26.6 Å². The van der Waals surface area contributed by atoms with Crippen molar-refractivity contribution in [3.05, 3.63) is 52.4 Å². The summed E-state index contributed by atoms with van der Waals surface area (Å²) in [7, 11) is 0. The first kappa shape index (κ1) is 14.7. The molecule has 0 radical (unpaired) electrons. The van der Waals surface area contributed by atoms with Gasteiger partial charge in [-0.3, -0.25) is 4.79 Å². The van der Waals surface area contributed by atoms with Crippen molar-refractivity contribution < 1.29 is 9.21 Å². The average molecular weight is 337 g/mol. The van der Waals surface area contributed by atoms with Gasteiger partial charge in [-0.15, -0.1) is 0 Å². The van der Waals surface area contributed by atoms with Crippen molar-refractivity contribution >= 4 is 27.5 Å². The minimum atomic E-state index is -0.330. The van der Waals surface area contributed by atoms with Crippen molar-refractivity contribution in [3.63, 3.8) is 0 Å². The Labute approximate surface area is 126 Å². The molecule has 1 aromatic carbocycles. The molecule has 2 N–H and O–H groups in total. The molecule has 106 valence electrons. The third kappa shape index (κ3) is 3.87. The van der Waals surface area contributed by atoms with Gasteiger partial charge in [0.2, 0.25) is 5.91 Å². The lowest BCUT2D eigenvalue weighted by atomic mass is 10.2. The first-order valence-electron chi connectivity index (χ1n) is 6.39. The lowest BCUT2D eigenvalue weighted by molar-refractivity contribution is -0.121. The fourth-order valence-corrected chi connectivity index (χ4v) is 2.15. The van der Waals surface area contributed by atoms with Crippen molar-refractivity contribution in [2.75, 3.05) is 5.32 Å². The minimum absolute atomic E-state index is 0.0743. The summed E-state index contributed by atoms with van der Waals surface area (Å²) in [6, 6.07) is 9.27. The first-order chi connectivity index (χ1) is 9.56. The second kappa shape index (κ2) is 6.61. The van der Waals surface area contributed by atoms with E-state index in [1.807, 2.05) is 38.1 Å². The van der Waals surface area contributed by atoms with E-state index in [-0.39, 0.29) is 11.9 Å². The van der Waals surface area contributed by atoms with Gasteiger partial charge in [0.1, 0.15) is 11.8 Å². The number of carbonyl (C=O) groups is 1. The van der Waals surface area contributed by atoms with Crippen LogP contribution in [0.4, 0.5) is 5.69 Å². The van der Waals surface area contributed by atoms with Crippen LogP contribution in [0.2, 0.25) is 0 Å². The summed E-state index contributed by atoms with van der Waals surface area (Å²) >= 11 is 3.47. The number of nitrogens with one attached hydrogen (secondary N) is 2. The normalized spacial score (nSPS) is 11.9. The topological polar surface area (TPSA) is 54.3 Å². The molecule has 5 heteroatoms. The van der Waals surface area contributed by atoms with Gasteiger partial charge in [0.15, 0.2) is 0 Å². The molecule has 1 heterocycles. The molecule has 0 bridgehead atoms. The summed E-state index contributed by atoms with van der Waals surface area (Å²) in [4.78, 5) is 12.0. The first-order valence-corrected chi connectivity index (χ1v) is 7.18. The Bertz CT molecular complexity index is 582. The van der Waals surface area contributed by atoms with E-state index in [1.54, 1.807) is 12.3 Å². The number of hydrogen-bond acceptors (Lipinski definition) is 3. The van der Waals surface area contributed by atoms with Crippen LogP contribution in [-0.4, -0.2) is 11.9 Å². The van der Waals surface area contributed by atoms with Gasteiger partial charge in [0.25, 0.3) is 0 Å². The smallest absolute Gasteiger partial charge is 0.242 e. The summed E-state index contributed by atoms with van der Waals surface area (Å²) in [5.74, 6) is 0.664. The fourth-order valence-electron chi connectivity index (χ4n) is 1.79. The fraction of sp³-hybridized carbons (Fsp3) is 0.267. The summed E-state index contributed by atoms with van der Waals surface area (Å²) < 4.78 is 6.11. The van der Waals surface area contributed by atoms with Crippen LogP contribution in [0.15, 0.2) is 45.5 Å². The van der Waals surface area contributed by atoms with E-state index in [9.17, 15) is 4.79 Å². The maximum absolute atomic E-state index is 12.0. The Hall–Kier alpha value is -1.75. The molecule has 0 saturated heterocycles. The highest BCUT2D eigenvalue weighted by Gasteiger charge is 2.14. The van der Waals surface area contributed by atoms with Gasteiger partial charge >= 0.3 is 0 Å². The largest absolute Gasteiger partial charge is 0.467 e. The lowest BCUT2D eigenvalue weighted by Gasteiger charge is -2.16. The highest BCUT2D eigenvalue weighted by Crippen LogP contribution is 2.23. The lowest BCUT2D eigenvalue weighted by Crippen LogP contribution is -2.37. The van der Waals surface area contributed by atoms with Crippen molar-refractivity contribution in [2.45, 2.75) is 26.4 Å². The van der Waals surface area contributed by atoms with E-state index in [1.165, 1.54) is 0 Å². The average Bonchev–Trinajstić information content (AvgIpc) is 2.93. The Morgan fingerprint density at radius 2 is 2.20 bits per heavy atom. The monoisotopic (exact) mass is 336 g/mol. The van der Waals surface area contributed by atoms with Gasteiger partial charge in [-0.1, -0.05) is 6.07 Å². The molecule has 2 rings (SSSR count). The van der Waals surface area contributed by atoms with Gasteiger partial charge in [-0.25, -0.2) is 0 Å². The predicted octanol–water partition coefficient (Wildman–Crippen LogP) is 3.47. The zero-order valence-corrected chi connectivity index (χ0v) is 13.0. The maximum Gasteiger partial charge on any atom is 0.242 e. The van der Waals surface area contributed by atoms with Gasteiger partial charge in [-0.05, 0) is 59.6 Å². The molecular formula is C15H17BrN2O2. The highest BCUT2D eigenvalue weighted by atomic mass is 79.9. The van der Waals surface area contributed by atoms with Crippen molar-refractivity contribution in [2.24, 2.45) is 0 Å². The Balaban J connectivity index is 1.92. The molecule has 0 fully saturated rings. The van der Waals surface area contributed by atoms with Crippen molar-refractivity contribution in [1.29, 1.82) is 0 Å². The Morgan fingerprint density at radius 3 is 2.90 bits per heavy atom. The number of carbonyl (C=O) groups excluding carboxylic acids is 1. The molecule has 1 aromatic heterocycles. The van der Waals surface area contributed by atoms with E-state index in [0.717, 1.165) is 21.5 Å². The molecule has 20 heavy (non-hydrogen) atoms. The number of amides is 1. The molecule has 1 amide bonds. The number of furan rings is 1. The molecule has 0 aliphatic heterocycles. The van der Waals surface area contributed by atoms with Gasteiger partial charge in [0, 0.05) is 10.2 Å². The van der Waals surface area contributed by atoms with Crippen LogP contribution in [0.5, 0.6) is 0 Å². The molecule has 4 nitrogen and oxygen atoms in total. The maximum atomic E-state index is 12.0. The van der Waals surface area contributed by atoms with Crippen LogP contribution in [0, 0.1) is 6.92 Å². The van der Waals surface area contributed by atoms with Crippen molar-refractivity contribution in [3.8, 4) is 0 Å². The van der Waals surface area contributed by atoms with Crippen LogP contribution in [0.1, 0.15) is 18.2 Å². The molecule has 1 unspecified atom stereocenters. The quantitative estimate of drug-likeness (QED) is 0.878. The van der Waals surface area contributed by atoms with Gasteiger partial charge in [0.05, 0.1) is 12.8 Å². The van der Waals surface area contributed by atoms with Crippen LogP contribution in [-0.2, 0) is 11.3 Å². The zero-order chi connectivity index (χ0) is 14.5. The van der Waals surface area contributed by atoms with Crippen LogP contribution in [0.3, 0.4) is 0 Å². The minimum Gasteiger partial charge on any atom is -0.467 e. The van der Waals surface area contributed by atoms with Crippen LogP contribution < -0.4 is 10.6 Å². The summed E-state index contributed by atoms with van der Waals surface area (Å²) in [6.45, 7) is 4.23. The summed E-state index contributed by atoms with van der Waals surface area (Å²) in [5.41, 5.74) is 2.05. The second-order valence-corrected chi connectivity index (χ2v) is 5.50. The number of halogens is 1. The summed E-state index contributed by atoms with van der Waals surface area (Å²) in [5, 5.41) is 6.02. The third-order valence-electron chi connectivity index (χ3n) is 2.90. The Kier molecular flexibility index (Phi) is 4.84. The van der Waals surface area contributed by atoms with Gasteiger partial charge < -0.3 is 15.1 Å². The van der Waals surface area contributed by atoms with Crippen molar-refractivity contribution in [1.82, 2.24) is 5.32 Å². The SMILES string of the molecule is Cc1ccc(Br)c(NC(C)C(=O)NCc2ccco2)c1. The van der Waals surface area contributed by atoms with Gasteiger partial charge in [-0.2, -0.15) is 0 Å². The zero-order valence-electron chi connectivity index (χ0n) is 11.4. The number of benzene rings is 1. The molecule has 1 atom stereocenters. The number of rotatable bonds is 5. The number of aryl methyl sites for hydroxylation is 1. The predicted molar refractivity (Wildman–Crippen MR) is 82.5 cm³/mol. The second-order valence-electron chi connectivity index (χ2n) is 4.65. The van der Waals surface area contributed by atoms with Crippen LogP contribution >= 0.6 is 15.9 Å².